The number of aliphatic hydroxyl groups is 1. The van der Waals surface area contributed by atoms with Gasteiger partial charge in [-0.05, 0) is 30.5 Å². The lowest BCUT2D eigenvalue weighted by atomic mass is 9.73. The van der Waals surface area contributed by atoms with Crippen LogP contribution in [0.3, 0.4) is 0 Å². The largest absolute Gasteiger partial charge is 0.493 e. The number of carbonyl (C=O) groups is 1. The standard InChI is InChI=1S/C20H20F4N2O3/c1-29-18-14(4-5-16(21)17(18)22)13-6-7-20(23,24)8-15(13)19(28)26-11-2-3-12(10-27)25-9-11/h2-5,9,13,15,27H,6-8,10H2,1H3,(H,26,28). The molecule has 2 N–H and O–H groups in total. The van der Waals surface area contributed by atoms with Gasteiger partial charge in [0.05, 0.1) is 37.2 Å². The Balaban J connectivity index is 1.91. The van der Waals surface area contributed by atoms with Crippen molar-refractivity contribution in [1.29, 1.82) is 0 Å². The molecule has 0 spiro atoms. The average Bonchev–Trinajstić information content (AvgIpc) is 2.70. The number of aliphatic hydroxyl groups excluding tert-OH is 1. The van der Waals surface area contributed by atoms with Crippen LogP contribution in [0.15, 0.2) is 30.5 Å². The zero-order valence-corrected chi connectivity index (χ0v) is 15.6. The number of nitrogens with zero attached hydrogens (tertiary/aromatic N) is 1. The van der Waals surface area contributed by atoms with E-state index < -0.39 is 48.1 Å². The van der Waals surface area contributed by atoms with Gasteiger partial charge in [-0.2, -0.15) is 4.39 Å². The van der Waals surface area contributed by atoms with Gasteiger partial charge in [0.15, 0.2) is 11.6 Å². The molecule has 0 saturated heterocycles. The summed E-state index contributed by atoms with van der Waals surface area (Å²) in [4.78, 5) is 16.7. The fourth-order valence-corrected chi connectivity index (χ4v) is 3.65. The van der Waals surface area contributed by atoms with Crippen LogP contribution < -0.4 is 10.1 Å². The van der Waals surface area contributed by atoms with Crippen LogP contribution in [0.25, 0.3) is 0 Å². The van der Waals surface area contributed by atoms with Gasteiger partial charge in [-0.3, -0.25) is 9.78 Å². The number of amides is 1. The molecule has 5 nitrogen and oxygen atoms in total. The van der Waals surface area contributed by atoms with Gasteiger partial charge in [-0.1, -0.05) is 6.07 Å². The van der Waals surface area contributed by atoms with E-state index in [0.29, 0.717) is 5.69 Å². The van der Waals surface area contributed by atoms with Crippen LogP contribution in [0, 0.1) is 17.6 Å². The van der Waals surface area contributed by atoms with Crippen molar-refractivity contribution in [2.45, 2.75) is 37.7 Å². The number of anilines is 1. The first-order valence-corrected chi connectivity index (χ1v) is 9.02. The summed E-state index contributed by atoms with van der Waals surface area (Å²) in [5.41, 5.74) is 0.837. The highest BCUT2D eigenvalue weighted by Gasteiger charge is 2.46. The van der Waals surface area contributed by atoms with Crippen molar-refractivity contribution < 1.29 is 32.2 Å². The molecular formula is C20H20F4N2O3. The third kappa shape index (κ3) is 4.50. The Morgan fingerprint density at radius 2 is 2.07 bits per heavy atom. The van der Waals surface area contributed by atoms with E-state index in [9.17, 15) is 22.4 Å². The van der Waals surface area contributed by atoms with E-state index in [1.54, 1.807) is 0 Å². The van der Waals surface area contributed by atoms with Crippen LogP contribution in [0.1, 0.15) is 36.4 Å². The highest BCUT2D eigenvalue weighted by Crippen LogP contribution is 2.48. The van der Waals surface area contributed by atoms with E-state index in [4.69, 9.17) is 9.84 Å². The van der Waals surface area contributed by atoms with Crippen molar-refractivity contribution in [3.63, 3.8) is 0 Å². The Morgan fingerprint density at radius 1 is 1.31 bits per heavy atom. The number of hydrogen-bond donors (Lipinski definition) is 2. The first kappa shape index (κ1) is 21.0. The number of aromatic nitrogens is 1. The van der Waals surface area contributed by atoms with Crippen LogP contribution in [-0.4, -0.2) is 29.0 Å². The van der Waals surface area contributed by atoms with E-state index in [-0.39, 0.29) is 30.0 Å². The summed E-state index contributed by atoms with van der Waals surface area (Å²) < 4.78 is 60.8. The number of alkyl halides is 2. The van der Waals surface area contributed by atoms with Gasteiger partial charge in [0.1, 0.15) is 0 Å². The van der Waals surface area contributed by atoms with Crippen LogP contribution >= 0.6 is 0 Å². The lowest BCUT2D eigenvalue weighted by molar-refractivity contribution is -0.128. The van der Waals surface area contributed by atoms with Crippen LogP contribution in [0.2, 0.25) is 0 Å². The maximum absolute atomic E-state index is 14.1. The Labute approximate surface area is 164 Å². The number of rotatable bonds is 5. The molecule has 2 unspecified atom stereocenters. The number of nitrogens with one attached hydrogen (secondary N) is 1. The second-order valence-electron chi connectivity index (χ2n) is 6.98. The van der Waals surface area contributed by atoms with Crippen molar-refractivity contribution in [2.75, 3.05) is 12.4 Å². The number of methoxy groups -OCH3 is 1. The number of pyridine rings is 1. The molecule has 0 aliphatic heterocycles. The SMILES string of the molecule is COc1c(C2CCC(F)(F)CC2C(=O)Nc2ccc(CO)nc2)ccc(F)c1F. The molecule has 156 valence electrons. The minimum atomic E-state index is -3.05. The number of hydrogen-bond acceptors (Lipinski definition) is 4. The number of ether oxygens (including phenoxy) is 1. The average molecular weight is 412 g/mol. The van der Waals surface area contributed by atoms with Gasteiger partial charge in [0.2, 0.25) is 17.6 Å². The van der Waals surface area contributed by atoms with E-state index >= 15 is 0 Å². The first-order chi connectivity index (χ1) is 13.8. The summed E-state index contributed by atoms with van der Waals surface area (Å²) in [6.07, 6.45) is 0.00987. The molecule has 0 bridgehead atoms. The topological polar surface area (TPSA) is 71.5 Å². The Hall–Kier alpha value is -2.68. The molecule has 3 rings (SSSR count). The number of carbonyl (C=O) groups excluding carboxylic acids is 1. The third-order valence-electron chi connectivity index (χ3n) is 5.10. The van der Waals surface area contributed by atoms with E-state index in [1.165, 1.54) is 24.4 Å². The van der Waals surface area contributed by atoms with Gasteiger partial charge in [-0.25, -0.2) is 13.2 Å². The van der Waals surface area contributed by atoms with Gasteiger partial charge in [0.25, 0.3) is 0 Å². The smallest absolute Gasteiger partial charge is 0.249 e. The molecule has 1 aromatic carbocycles. The summed E-state index contributed by atoms with van der Waals surface area (Å²) in [6.45, 7) is -0.277. The predicted molar refractivity (Wildman–Crippen MR) is 96.7 cm³/mol. The second-order valence-corrected chi connectivity index (χ2v) is 6.98. The van der Waals surface area contributed by atoms with Gasteiger partial charge in [-0.15, -0.1) is 0 Å². The molecule has 1 aromatic heterocycles. The Bertz CT molecular complexity index is 890. The Morgan fingerprint density at radius 3 is 2.69 bits per heavy atom. The van der Waals surface area contributed by atoms with Crippen molar-refractivity contribution in [3.05, 3.63) is 53.4 Å². The van der Waals surface area contributed by atoms with Crippen molar-refractivity contribution in [2.24, 2.45) is 5.92 Å². The zero-order chi connectivity index (χ0) is 21.2. The lowest BCUT2D eigenvalue weighted by Crippen LogP contribution is -2.38. The molecule has 1 fully saturated rings. The molecular weight excluding hydrogens is 392 g/mol. The monoisotopic (exact) mass is 412 g/mol. The minimum Gasteiger partial charge on any atom is -0.493 e. The fraction of sp³-hybridized carbons (Fsp3) is 0.400. The number of halogens is 4. The summed E-state index contributed by atoms with van der Waals surface area (Å²) in [6, 6.07) is 5.14. The summed E-state index contributed by atoms with van der Waals surface area (Å²) in [7, 11) is 1.16. The molecule has 2 atom stereocenters. The lowest BCUT2D eigenvalue weighted by Gasteiger charge is -2.36. The fourth-order valence-electron chi connectivity index (χ4n) is 3.65. The number of benzene rings is 1. The van der Waals surface area contributed by atoms with Crippen molar-refractivity contribution in [3.8, 4) is 5.75 Å². The Kier molecular flexibility index (Phi) is 6.07. The molecule has 1 aliphatic rings. The maximum atomic E-state index is 14.1. The van der Waals surface area contributed by atoms with E-state index in [2.05, 4.69) is 10.3 Å². The molecule has 1 amide bonds. The highest BCUT2D eigenvalue weighted by molar-refractivity contribution is 5.93. The molecule has 29 heavy (non-hydrogen) atoms. The summed E-state index contributed by atoms with van der Waals surface area (Å²) in [5, 5.41) is 11.6. The summed E-state index contributed by atoms with van der Waals surface area (Å²) in [5.74, 6) is -8.41. The van der Waals surface area contributed by atoms with Crippen molar-refractivity contribution >= 4 is 11.6 Å². The van der Waals surface area contributed by atoms with E-state index in [1.807, 2.05) is 0 Å². The molecule has 1 saturated carbocycles. The van der Waals surface area contributed by atoms with Crippen LogP contribution in [-0.2, 0) is 11.4 Å². The maximum Gasteiger partial charge on any atom is 0.249 e. The van der Waals surface area contributed by atoms with Crippen molar-refractivity contribution in [1.82, 2.24) is 4.98 Å². The predicted octanol–water partition coefficient (Wildman–Crippen LogP) is 4.02. The second kappa shape index (κ2) is 8.36. The van der Waals surface area contributed by atoms with Gasteiger partial charge in [0, 0.05) is 18.4 Å². The normalized spacial score (nSPS) is 20.9. The first-order valence-electron chi connectivity index (χ1n) is 9.02. The molecule has 9 heteroatoms. The highest BCUT2D eigenvalue weighted by atomic mass is 19.3. The molecule has 1 heterocycles. The van der Waals surface area contributed by atoms with E-state index in [0.717, 1.165) is 13.2 Å². The molecule has 2 aromatic rings. The molecule has 0 radical (unpaired) electrons. The molecule has 1 aliphatic carbocycles. The third-order valence-corrected chi connectivity index (χ3v) is 5.10. The van der Waals surface area contributed by atoms with Crippen LogP contribution in [0.4, 0.5) is 23.2 Å². The quantitative estimate of drug-likeness (QED) is 0.728. The van der Waals surface area contributed by atoms with Crippen LogP contribution in [0.5, 0.6) is 5.75 Å². The van der Waals surface area contributed by atoms with Gasteiger partial charge >= 0.3 is 0 Å². The minimum absolute atomic E-state index is 0.0891. The zero-order valence-electron chi connectivity index (χ0n) is 15.6. The summed E-state index contributed by atoms with van der Waals surface area (Å²) >= 11 is 0. The van der Waals surface area contributed by atoms with Gasteiger partial charge < -0.3 is 15.2 Å².